The van der Waals surface area contributed by atoms with Crippen molar-refractivity contribution in [3.05, 3.63) is 0 Å². The molecule has 3 saturated heterocycles. The molecule has 0 aromatic rings. The summed E-state index contributed by atoms with van der Waals surface area (Å²) in [4.78, 5) is 5.06. The van der Waals surface area contributed by atoms with Crippen LogP contribution in [0.25, 0.3) is 0 Å². The SMILES string of the molecule is CN1C(N)=NC(O)C2C3OC4(O)OC(C(O)C21C4O)C3(O)CO. The lowest BCUT2D eigenvalue weighted by molar-refractivity contribution is -0.554. The zero-order valence-corrected chi connectivity index (χ0v) is 12.1. The summed E-state index contributed by atoms with van der Waals surface area (Å²) in [7, 11) is 1.43. The topological polar surface area (TPSA) is 181 Å². The molecule has 4 aliphatic heterocycles. The molecule has 5 aliphatic rings. The van der Waals surface area contributed by atoms with Gasteiger partial charge in [0.25, 0.3) is 0 Å². The van der Waals surface area contributed by atoms with Crippen LogP contribution in [0, 0.1) is 5.92 Å². The number of hydrogen-bond donors (Lipinski definition) is 7. The van der Waals surface area contributed by atoms with Crippen LogP contribution in [0.1, 0.15) is 0 Å². The maximum Gasteiger partial charge on any atom is 0.311 e. The Labute approximate surface area is 130 Å². The van der Waals surface area contributed by atoms with E-state index in [9.17, 15) is 30.6 Å². The van der Waals surface area contributed by atoms with Gasteiger partial charge in [-0.2, -0.15) is 0 Å². The number of nitrogens with two attached hydrogens (primary N) is 1. The summed E-state index contributed by atoms with van der Waals surface area (Å²) in [5, 5.41) is 62.5. The van der Waals surface area contributed by atoms with Gasteiger partial charge in [0, 0.05) is 7.05 Å². The van der Waals surface area contributed by atoms with E-state index in [-0.39, 0.29) is 5.96 Å². The number of likely N-dealkylation sites (N-methyl/N-ethyl adjacent to an activating group) is 1. The Kier molecular flexibility index (Phi) is 2.78. The summed E-state index contributed by atoms with van der Waals surface area (Å²) >= 11 is 0. The number of hydrogen-bond acceptors (Lipinski definition) is 11. The maximum atomic E-state index is 10.8. The molecule has 1 aliphatic carbocycles. The fourth-order valence-corrected chi connectivity index (χ4v) is 4.61. The molecule has 5 rings (SSSR count). The van der Waals surface area contributed by atoms with E-state index in [0.29, 0.717) is 0 Å². The molecule has 9 unspecified atom stereocenters. The monoisotopic (exact) mass is 333 g/mol. The van der Waals surface area contributed by atoms with E-state index in [2.05, 4.69) is 4.99 Å². The predicted molar refractivity (Wildman–Crippen MR) is 70.4 cm³/mol. The lowest BCUT2D eigenvalue weighted by atomic mass is 9.54. The summed E-state index contributed by atoms with van der Waals surface area (Å²) in [6.07, 6.45) is -7.73. The summed E-state index contributed by atoms with van der Waals surface area (Å²) in [5.41, 5.74) is 1.96. The van der Waals surface area contributed by atoms with Gasteiger partial charge in [0.15, 0.2) is 18.3 Å². The second kappa shape index (κ2) is 4.13. The zero-order chi connectivity index (χ0) is 16.9. The van der Waals surface area contributed by atoms with Gasteiger partial charge in [0.1, 0.15) is 29.5 Å². The molecule has 130 valence electrons. The Hall–Kier alpha value is -1.05. The third-order valence-electron chi connectivity index (χ3n) is 5.74. The van der Waals surface area contributed by atoms with Crippen LogP contribution in [0.15, 0.2) is 4.99 Å². The number of aliphatic hydroxyl groups excluding tert-OH is 4. The fraction of sp³-hybridized carbons (Fsp3) is 0.917. The van der Waals surface area contributed by atoms with Crippen LogP contribution < -0.4 is 5.73 Å². The molecule has 0 aromatic heterocycles. The number of guanidine groups is 1. The number of aliphatic hydroxyl groups is 6. The van der Waals surface area contributed by atoms with Gasteiger partial charge in [-0.3, -0.25) is 0 Å². The first-order chi connectivity index (χ1) is 10.6. The minimum Gasteiger partial charge on any atom is -0.393 e. The van der Waals surface area contributed by atoms with E-state index in [1.165, 1.54) is 11.9 Å². The van der Waals surface area contributed by atoms with Gasteiger partial charge in [-0.25, -0.2) is 4.99 Å². The highest BCUT2D eigenvalue weighted by Gasteiger charge is 2.84. The molecule has 11 heteroatoms. The van der Waals surface area contributed by atoms with Crippen molar-refractivity contribution in [3.63, 3.8) is 0 Å². The van der Waals surface area contributed by atoms with Crippen LogP contribution in [0.3, 0.4) is 0 Å². The number of nitrogens with zero attached hydrogens (tertiary/aromatic N) is 2. The summed E-state index contributed by atoms with van der Waals surface area (Å²) in [6, 6.07) is 0. The highest BCUT2D eigenvalue weighted by Crippen LogP contribution is 2.60. The quantitative estimate of drug-likeness (QED) is 0.245. The summed E-state index contributed by atoms with van der Waals surface area (Å²) in [6.45, 7) is -0.853. The van der Waals surface area contributed by atoms with Crippen molar-refractivity contribution in [1.29, 1.82) is 0 Å². The molecule has 1 saturated carbocycles. The Morgan fingerprint density at radius 2 is 1.83 bits per heavy atom. The Morgan fingerprint density at radius 1 is 1.22 bits per heavy atom. The van der Waals surface area contributed by atoms with Crippen LogP contribution in [0.4, 0.5) is 0 Å². The van der Waals surface area contributed by atoms with Crippen molar-refractivity contribution in [1.82, 2.24) is 4.90 Å². The second-order valence-corrected chi connectivity index (χ2v) is 6.58. The van der Waals surface area contributed by atoms with E-state index < -0.39 is 60.3 Å². The molecule has 11 nitrogen and oxygen atoms in total. The first-order valence-electron chi connectivity index (χ1n) is 7.17. The molecule has 9 atom stereocenters. The highest BCUT2D eigenvalue weighted by atomic mass is 16.9. The van der Waals surface area contributed by atoms with Crippen LogP contribution in [-0.2, 0) is 9.47 Å². The van der Waals surface area contributed by atoms with Gasteiger partial charge in [-0.15, -0.1) is 0 Å². The van der Waals surface area contributed by atoms with Gasteiger partial charge < -0.3 is 50.7 Å². The Bertz CT molecular complexity index is 591. The number of rotatable bonds is 1. The van der Waals surface area contributed by atoms with E-state index in [4.69, 9.17) is 15.2 Å². The minimum absolute atomic E-state index is 0.162. The van der Waals surface area contributed by atoms with E-state index in [0.717, 1.165) is 0 Å². The van der Waals surface area contributed by atoms with Crippen molar-refractivity contribution in [2.24, 2.45) is 16.6 Å². The third-order valence-corrected chi connectivity index (χ3v) is 5.74. The first kappa shape index (κ1) is 15.5. The molecular weight excluding hydrogens is 314 g/mol. The summed E-state index contributed by atoms with van der Waals surface area (Å²) < 4.78 is 10.4. The molecule has 0 amide bonds. The largest absolute Gasteiger partial charge is 0.393 e. The molecule has 4 heterocycles. The van der Waals surface area contributed by atoms with E-state index in [1.54, 1.807) is 0 Å². The Balaban J connectivity index is 1.99. The molecule has 0 aromatic carbocycles. The third kappa shape index (κ3) is 1.38. The molecule has 8 N–H and O–H groups in total. The minimum atomic E-state index is -2.52. The van der Waals surface area contributed by atoms with E-state index in [1.807, 2.05) is 0 Å². The number of aliphatic imine (C=N–C) groups is 1. The lowest BCUT2D eigenvalue weighted by Crippen LogP contribution is -2.95. The molecule has 4 fully saturated rings. The van der Waals surface area contributed by atoms with Crippen LogP contribution >= 0.6 is 0 Å². The van der Waals surface area contributed by atoms with Crippen LogP contribution in [-0.4, -0.2) is 103 Å². The van der Waals surface area contributed by atoms with Gasteiger partial charge in [0.2, 0.25) is 0 Å². The molecule has 0 radical (unpaired) electrons. The zero-order valence-electron chi connectivity index (χ0n) is 12.1. The normalized spacial score (nSPS) is 60.7. The average molecular weight is 333 g/mol. The lowest BCUT2D eigenvalue weighted by Gasteiger charge is -2.73. The van der Waals surface area contributed by atoms with Crippen molar-refractivity contribution >= 4 is 5.96 Å². The van der Waals surface area contributed by atoms with Gasteiger partial charge >= 0.3 is 5.97 Å². The van der Waals surface area contributed by atoms with Crippen molar-refractivity contribution < 1.29 is 40.1 Å². The van der Waals surface area contributed by atoms with E-state index >= 15 is 0 Å². The smallest absolute Gasteiger partial charge is 0.311 e. The highest BCUT2D eigenvalue weighted by molar-refractivity contribution is 5.80. The van der Waals surface area contributed by atoms with Crippen molar-refractivity contribution in [2.45, 2.75) is 47.8 Å². The first-order valence-corrected chi connectivity index (χ1v) is 7.17. The van der Waals surface area contributed by atoms with Crippen molar-refractivity contribution in [3.8, 4) is 0 Å². The van der Waals surface area contributed by atoms with Crippen LogP contribution in [0.5, 0.6) is 0 Å². The molecule has 23 heavy (non-hydrogen) atoms. The average Bonchev–Trinajstić information content (AvgIpc) is 2.49. The Morgan fingerprint density at radius 3 is 2.43 bits per heavy atom. The molecular formula is C12H19N3O8. The maximum absolute atomic E-state index is 10.8. The molecule has 4 bridgehead atoms. The fourth-order valence-electron chi connectivity index (χ4n) is 4.61. The van der Waals surface area contributed by atoms with Gasteiger partial charge in [-0.05, 0) is 0 Å². The van der Waals surface area contributed by atoms with Crippen LogP contribution in [0.2, 0.25) is 0 Å². The van der Waals surface area contributed by atoms with Crippen molar-refractivity contribution in [2.75, 3.05) is 13.7 Å². The van der Waals surface area contributed by atoms with Gasteiger partial charge in [0.05, 0.1) is 12.5 Å². The second-order valence-electron chi connectivity index (χ2n) is 6.58. The standard InChI is InChI=1S/C12H19N3O8/c1-15-9(13)14-7(18)3-5-10(20,2-16)6-4(17)11(3,15)8(19)12(21,22-5)23-6/h3-8,16-21H,2H2,1H3,(H2,13,14). The summed E-state index contributed by atoms with van der Waals surface area (Å²) in [5.74, 6) is -3.84. The predicted octanol–water partition coefficient (Wildman–Crippen LogP) is -5.18. The molecule has 1 spiro atoms. The van der Waals surface area contributed by atoms with Gasteiger partial charge in [-0.1, -0.05) is 0 Å². The number of ether oxygens (including phenoxy) is 2.